The van der Waals surface area contributed by atoms with Gasteiger partial charge >= 0.3 is 0 Å². The van der Waals surface area contributed by atoms with E-state index in [0.29, 0.717) is 12.0 Å². The fourth-order valence-electron chi connectivity index (χ4n) is 2.30. The van der Waals surface area contributed by atoms with Crippen LogP contribution in [0.15, 0.2) is 24.3 Å². The van der Waals surface area contributed by atoms with Crippen molar-refractivity contribution in [2.24, 2.45) is 5.73 Å². The van der Waals surface area contributed by atoms with Gasteiger partial charge in [0, 0.05) is 17.2 Å². The predicted octanol–water partition coefficient (Wildman–Crippen LogP) is 0.653. The van der Waals surface area contributed by atoms with E-state index in [0.717, 1.165) is 0 Å². The average molecular weight is 270 g/mol. The normalized spacial score (nSPS) is 26.1. The molecule has 98 valence electrons. The first-order valence-corrected chi connectivity index (χ1v) is 7.35. The average Bonchev–Trinajstić information content (AvgIpc) is 2.53. The molecule has 1 aliphatic rings. The molecular formula is C11H14N2O4S. The van der Waals surface area contributed by atoms with Gasteiger partial charge in [-0.15, -0.1) is 0 Å². The van der Waals surface area contributed by atoms with Crippen molar-refractivity contribution in [1.29, 1.82) is 0 Å². The third-order valence-electron chi connectivity index (χ3n) is 3.15. The molecule has 2 N–H and O–H groups in total. The molecule has 1 atom stereocenters. The molecule has 2 rings (SSSR count). The van der Waals surface area contributed by atoms with Gasteiger partial charge in [0.05, 0.1) is 16.4 Å². The van der Waals surface area contributed by atoms with E-state index in [-0.39, 0.29) is 23.6 Å². The molecule has 0 radical (unpaired) electrons. The zero-order valence-corrected chi connectivity index (χ0v) is 10.5. The van der Waals surface area contributed by atoms with Gasteiger partial charge in [0.2, 0.25) is 0 Å². The quantitative estimate of drug-likeness (QED) is 0.641. The van der Waals surface area contributed by atoms with Crippen molar-refractivity contribution < 1.29 is 13.3 Å². The van der Waals surface area contributed by atoms with Crippen LogP contribution in [-0.4, -0.2) is 30.4 Å². The summed E-state index contributed by atoms with van der Waals surface area (Å²) in [6.07, 6.45) is 0.560. The summed E-state index contributed by atoms with van der Waals surface area (Å²) in [6.45, 7) is 0. The first-order valence-electron chi connectivity index (χ1n) is 5.53. The number of para-hydroxylation sites is 1. The second-order valence-electron chi connectivity index (χ2n) is 4.77. The van der Waals surface area contributed by atoms with Gasteiger partial charge in [-0.05, 0) is 12.8 Å². The van der Waals surface area contributed by atoms with Crippen LogP contribution in [0.4, 0.5) is 5.69 Å². The standard InChI is InChI=1S/C11H14N2O4S/c12-11(5-6-18(16,17)8-11)7-9-3-1-2-4-10(9)13(14)15/h1-4H,5-8,12H2. The highest BCUT2D eigenvalue weighted by molar-refractivity contribution is 7.91. The third kappa shape index (κ3) is 2.68. The summed E-state index contributed by atoms with van der Waals surface area (Å²) in [6, 6.07) is 6.30. The van der Waals surface area contributed by atoms with E-state index in [1.54, 1.807) is 18.2 Å². The Bertz CT molecular complexity index is 584. The molecule has 6 nitrogen and oxygen atoms in total. The van der Waals surface area contributed by atoms with Gasteiger partial charge < -0.3 is 5.73 Å². The van der Waals surface area contributed by atoms with Crippen LogP contribution in [0.1, 0.15) is 12.0 Å². The lowest BCUT2D eigenvalue weighted by Crippen LogP contribution is -2.43. The smallest absolute Gasteiger partial charge is 0.272 e. The number of benzene rings is 1. The minimum absolute atomic E-state index is 0.00776. The maximum Gasteiger partial charge on any atom is 0.272 e. The van der Waals surface area contributed by atoms with E-state index in [2.05, 4.69) is 0 Å². The molecule has 0 aromatic heterocycles. The van der Waals surface area contributed by atoms with Crippen molar-refractivity contribution in [2.75, 3.05) is 11.5 Å². The molecule has 7 heteroatoms. The van der Waals surface area contributed by atoms with Crippen LogP contribution < -0.4 is 5.73 Å². The molecule has 18 heavy (non-hydrogen) atoms. The highest BCUT2D eigenvalue weighted by Gasteiger charge is 2.40. The molecule has 1 aromatic rings. The maximum absolute atomic E-state index is 11.4. The minimum Gasteiger partial charge on any atom is -0.324 e. The Kier molecular flexibility index (Phi) is 3.12. The van der Waals surface area contributed by atoms with E-state index in [9.17, 15) is 18.5 Å². The summed E-state index contributed by atoms with van der Waals surface area (Å²) in [7, 11) is -3.10. The molecule has 0 aliphatic carbocycles. The molecule has 1 fully saturated rings. The van der Waals surface area contributed by atoms with Crippen molar-refractivity contribution in [3.05, 3.63) is 39.9 Å². The second-order valence-corrected chi connectivity index (χ2v) is 6.95. The van der Waals surface area contributed by atoms with Crippen LogP contribution >= 0.6 is 0 Å². The van der Waals surface area contributed by atoms with Crippen LogP contribution in [-0.2, 0) is 16.3 Å². The highest BCUT2D eigenvalue weighted by Crippen LogP contribution is 2.28. The monoisotopic (exact) mass is 270 g/mol. The van der Waals surface area contributed by atoms with Crippen LogP contribution in [0.3, 0.4) is 0 Å². The van der Waals surface area contributed by atoms with Gasteiger partial charge in [-0.2, -0.15) is 0 Å². The summed E-state index contributed by atoms with van der Waals surface area (Å²) < 4.78 is 22.9. The van der Waals surface area contributed by atoms with Gasteiger partial charge in [0.15, 0.2) is 9.84 Å². The fraction of sp³-hybridized carbons (Fsp3) is 0.455. The number of hydrogen-bond donors (Lipinski definition) is 1. The van der Waals surface area contributed by atoms with Crippen molar-refractivity contribution >= 4 is 15.5 Å². The summed E-state index contributed by atoms with van der Waals surface area (Å²) in [5.41, 5.74) is 5.63. The van der Waals surface area contributed by atoms with Crippen LogP contribution in [0.25, 0.3) is 0 Å². The Morgan fingerprint density at radius 3 is 2.61 bits per heavy atom. The van der Waals surface area contributed by atoms with E-state index < -0.39 is 20.3 Å². The minimum atomic E-state index is -3.10. The van der Waals surface area contributed by atoms with E-state index >= 15 is 0 Å². The molecule has 1 aliphatic heterocycles. The lowest BCUT2D eigenvalue weighted by Gasteiger charge is -2.21. The summed E-state index contributed by atoms with van der Waals surface area (Å²) in [4.78, 5) is 10.4. The van der Waals surface area contributed by atoms with E-state index in [1.165, 1.54) is 6.07 Å². The first-order chi connectivity index (χ1) is 8.31. The van der Waals surface area contributed by atoms with E-state index in [1.807, 2.05) is 0 Å². The van der Waals surface area contributed by atoms with Crippen LogP contribution in [0, 0.1) is 10.1 Å². The molecular weight excluding hydrogens is 256 g/mol. The number of nitro benzene ring substituents is 1. The van der Waals surface area contributed by atoms with Crippen molar-refractivity contribution in [3.8, 4) is 0 Å². The van der Waals surface area contributed by atoms with Crippen molar-refractivity contribution in [2.45, 2.75) is 18.4 Å². The number of nitrogens with zero attached hydrogens (tertiary/aromatic N) is 1. The van der Waals surface area contributed by atoms with Crippen LogP contribution in [0.2, 0.25) is 0 Å². The summed E-state index contributed by atoms with van der Waals surface area (Å²) in [5.74, 6) is -0.0455. The second kappa shape index (κ2) is 4.33. The highest BCUT2D eigenvalue weighted by atomic mass is 32.2. The molecule has 0 saturated carbocycles. The number of nitro groups is 1. The Hall–Kier alpha value is -1.47. The van der Waals surface area contributed by atoms with Crippen molar-refractivity contribution in [3.63, 3.8) is 0 Å². The molecule has 0 bridgehead atoms. The van der Waals surface area contributed by atoms with Gasteiger partial charge in [0.1, 0.15) is 0 Å². The summed E-state index contributed by atoms with van der Waals surface area (Å²) in [5, 5.41) is 10.9. The van der Waals surface area contributed by atoms with Crippen LogP contribution in [0.5, 0.6) is 0 Å². The lowest BCUT2D eigenvalue weighted by molar-refractivity contribution is -0.385. The molecule has 1 aromatic carbocycles. The number of sulfone groups is 1. The zero-order chi connectivity index (χ0) is 13.4. The zero-order valence-electron chi connectivity index (χ0n) is 9.70. The Morgan fingerprint density at radius 1 is 1.39 bits per heavy atom. The number of hydrogen-bond acceptors (Lipinski definition) is 5. The molecule has 0 amide bonds. The topological polar surface area (TPSA) is 103 Å². The SMILES string of the molecule is NC1(Cc2ccccc2[N+](=O)[O-])CCS(=O)(=O)C1. The largest absolute Gasteiger partial charge is 0.324 e. The van der Waals surface area contributed by atoms with Gasteiger partial charge in [0.25, 0.3) is 5.69 Å². The van der Waals surface area contributed by atoms with Gasteiger partial charge in [-0.25, -0.2) is 8.42 Å². The Balaban J connectivity index is 2.28. The molecule has 1 unspecified atom stereocenters. The van der Waals surface area contributed by atoms with E-state index in [4.69, 9.17) is 5.73 Å². The summed E-state index contributed by atoms with van der Waals surface area (Å²) >= 11 is 0. The fourth-order valence-corrected chi connectivity index (χ4v) is 4.28. The number of nitrogens with two attached hydrogens (primary N) is 1. The molecule has 0 spiro atoms. The van der Waals surface area contributed by atoms with Crippen molar-refractivity contribution in [1.82, 2.24) is 0 Å². The predicted molar refractivity (Wildman–Crippen MR) is 67.0 cm³/mol. The Labute approximate surface area is 105 Å². The third-order valence-corrected chi connectivity index (χ3v) is 4.99. The first kappa shape index (κ1) is 13.0. The molecule has 1 saturated heterocycles. The Morgan fingerprint density at radius 2 is 2.06 bits per heavy atom. The number of rotatable bonds is 3. The van der Waals surface area contributed by atoms with Gasteiger partial charge in [-0.1, -0.05) is 18.2 Å². The van der Waals surface area contributed by atoms with Gasteiger partial charge in [-0.3, -0.25) is 10.1 Å². The lowest BCUT2D eigenvalue weighted by atomic mass is 9.91. The molecule has 1 heterocycles. The maximum atomic E-state index is 11.4.